The molecule has 0 saturated heterocycles. The Balaban J connectivity index is 1.47. The quantitative estimate of drug-likeness (QED) is 0.347. The fraction of sp³-hybridized carbons (Fsp3) is 0.240. The number of halogens is 1. The maximum atomic E-state index is 14.8. The standard InChI is InChI=1S/C25H25FN4O2S/c1-3-30(4-2)16-19-14-21-25(33-19)23(9-11-28-21)32-22-8-7-18(13-20(22)26)29-24(31)12-17-6-5-10-27-15-17/h5-11,13-15H,3-4,12,16H2,1-2H3,(H,29,31). The van der Waals surface area contributed by atoms with Gasteiger partial charge in [0.25, 0.3) is 0 Å². The van der Waals surface area contributed by atoms with Crippen molar-refractivity contribution in [2.75, 3.05) is 18.4 Å². The number of ether oxygens (including phenoxy) is 1. The van der Waals surface area contributed by atoms with E-state index in [1.807, 2.05) is 6.07 Å². The third kappa shape index (κ3) is 5.71. The van der Waals surface area contributed by atoms with Gasteiger partial charge in [0.2, 0.25) is 5.91 Å². The molecule has 0 fully saturated rings. The summed E-state index contributed by atoms with van der Waals surface area (Å²) < 4.78 is 21.6. The number of aromatic nitrogens is 2. The molecule has 1 amide bonds. The molecule has 0 unspecified atom stereocenters. The number of hydrogen-bond acceptors (Lipinski definition) is 6. The van der Waals surface area contributed by atoms with Crippen molar-refractivity contribution in [3.63, 3.8) is 0 Å². The highest BCUT2D eigenvalue weighted by molar-refractivity contribution is 7.19. The summed E-state index contributed by atoms with van der Waals surface area (Å²) in [4.78, 5) is 24.2. The van der Waals surface area contributed by atoms with Crippen LogP contribution in [0.1, 0.15) is 24.3 Å². The molecule has 0 aliphatic carbocycles. The Morgan fingerprint density at radius 2 is 1.97 bits per heavy atom. The van der Waals surface area contributed by atoms with Crippen LogP contribution in [0.25, 0.3) is 10.2 Å². The van der Waals surface area contributed by atoms with Crippen LogP contribution in [0.15, 0.2) is 61.1 Å². The van der Waals surface area contributed by atoms with E-state index >= 15 is 0 Å². The van der Waals surface area contributed by atoms with Crippen LogP contribution in [0.4, 0.5) is 10.1 Å². The first-order valence-corrected chi connectivity index (χ1v) is 11.6. The van der Waals surface area contributed by atoms with Crippen LogP contribution in [0.2, 0.25) is 0 Å². The molecule has 170 valence electrons. The van der Waals surface area contributed by atoms with Gasteiger partial charge in [-0.15, -0.1) is 11.3 Å². The van der Waals surface area contributed by atoms with Crippen LogP contribution in [0.5, 0.6) is 11.5 Å². The van der Waals surface area contributed by atoms with Gasteiger partial charge in [0.1, 0.15) is 5.75 Å². The van der Waals surface area contributed by atoms with Gasteiger partial charge in [-0.1, -0.05) is 19.9 Å². The Morgan fingerprint density at radius 3 is 2.70 bits per heavy atom. The maximum absolute atomic E-state index is 14.8. The lowest BCUT2D eigenvalue weighted by Crippen LogP contribution is -2.21. The largest absolute Gasteiger partial charge is 0.453 e. The van der Waals surface area contributed by atoms with E-state index in [0.29, 0.717) is 11.4 Å². The van der Waals surface area contributed by atoms with Crippen molar-refractivity contribution in [2.45, 2.75) is 26.8 Å². The first-order valence-electron chi connectivity index (χ1n) is 10.8. The van der Waals surface area contributed by atoms with Crippen molar-refractivity contribution in [1.29, 1.82) is 0 Å². The number of rotatable bonds is 9. The van der Waals surface area contributed by atoms with Crippen LogP contribution >= 0.6 is 11.3 Å². The molecule has 6 nitrogen and oxygen atoms in total. The number of fused-ring (bicyclic) bond motifs is 1. The number of carbonyl (C=O) groups excluding carboxylic acids is 1. The molecule has 0 radical (unpaired) electrons. The normalized spacial score (nSPS) is 11.2. The van der Waals surface area contributed by atoms with Crippen LogP contribution in [0, 0.1) is 5.82 Å². The third-order valence-electron chi connectivity index (χ3n) is 5.22. The van der Waals surface area contributed by atoms with E-state index in [0.717, 1.165) is 35.4 Å². The van der Waals surface area contributed by atoms with Crippen LogP contribution in [-0.4, -0.2) is 33.9 Å². The van der Waals surface area contributed by atoms with Crippen LogP contribution < -0.4 is 10.1 Å². The topological polar surface area (TPSA) is 67.3 Å². The molecule has 0 atom stereocenters. The van der Waals surface area contributed by atoms with E-state index in [-0.39, 0.29) is 18.1 Å². The second-order valence-electron chi connectivity index (χ2n) is 7.53. The van der Waals surface area contributed by atoms with Crippen molar-refractivity contribution in [3.05, 3.63) is 77.3 Å². The number of thiophene rings is 1. The number of benzene rings is 1. The molecule has 1 aromatic carbocycles. The van der Waals surface area contributed by atoms with Gasteiger partial charge in [-0.25, -0.2) is 4.39 Å². The molecule has 4 rings (SSSR count). The molecule has 0 bridgehead atoms. The minimum absolute atomic E-state index is 0.0893. The molecule has 0 aliphatic heterocycles. The van der Waals surface area contributed by atoms with Gasteiger partial charge in [-0.05, 0) is 42.9 Å². The summed E-state index contributed by atoms with van der Waals surface area (Å²) in [5.41, 5.74) is 1.99. The Labute approximate surface area is 196 Å². The zero-order valence-corrected chi connectivity index (χ0v) is 19.4. The van der Waals surface area contributed by atoms with Gasteiger partial charge in [-0.3, -0.25) is 19.7 Å². The molecule has 33 heavy (non-hydrogen) atoms. The smallest absolute Gasteiger partial charge is 0.228 e. The molecule has 0 spiro atoms. The second kappa shape index (κ2) is 10.5. The Bertz CT molecular complexity index is 1240. The van der Waals surface area contributed by atoms with E-state index in [4.69, 9.17) is 4.74 Å². The summed E-state index contributed by atoms with van der Waals surface area (Å²) in [6.45, 7) is 7.06. The minimum Gasteiger partial charge on any atom is -0.453 e. The summed E-state index contributed by atoms with van der Waals surface area (Å²) in [6, 6.07) is 11.8. The van der Waals surface area contributed by atoms with E-state index in [2.05, 4.69) is 40.1 Å². The van der Waals surface area contributed by atoms with Gasteiger partial charge < -0.3 is 10.1 Å². The average molecular weight is 465 g/mol. The van der Waals surface area contributed by atoms with Crippen molar-refractivity contribution in [2.24, 2.45) is 0 Å². The number of nitrogens with zero attached hydrogens (tertiary/aromatic N) is 3. The molecular formula is C25H25FN4O2S. The van der Waals surface area contributed by atoms with Crippen LogP contribution in [0.3, 0.4) is 0 Å². The first kappa shape index (κ1) is 22.8. The first-order chi connectivity index (χ1) is 16.1. The molecule has 8 heteroatoms. The number of anilines is 1. The predicted molar refractivity (Wildman–Crippen MR) is 129 cm³/mol. The second-order valence-corrected chi connectivity index (χ2v) is 8.67. The fourth-order valence-electron chi connectivity index (χ4n) is 3.46. The number of amides is 1. The molecule has 0 saturated carbocycles. The zero-order valence-electron chi connectivity index (χ0n) is 18.5. The van der Waals surface area contributed by atoms with Gasteiger partial charge in [-0.2, -0.15) is 0 Å². The number of nitrogens with one attached hydrogen (secondary N) is 1. The number of pyridine rings is 2. The zero-order chi connectivity index (χ0) is 23.2. The molecule has 3 aromatic heterocycles. The van der Waals surface area contributed by atoms with Crippen molar-refractivity contribution < 1.29 is 13.9 Å². The van der Waals surface area contributed by atoms with Gasteiger partial charge >= 0.3 is 0 Å². The minimum atomic E-state index is -0.556. The molecule has 3 heterocycles. The van der Waals surface area contributed by atoms with E-state index in [1.165, 1.54) is 17.0 Å². The molecule has 0 aliphatic rings. The van der Waals surface area contributed by atoms with Crippen molar-refractivity contribution in [3.8, 4) is 11.5 Å². The monoisotopic (exact) mass is 464 g/mol. The summed E-state index contributed by atoms with van der Waals surface area (Å²) in [7, 11) is 0. The predicted octanol–water partition coefficient (Wildman–Crippen LogP) is 5.65. The fourth-order valence-corrected chi connectivity index (χ4v) is 4.57. The average Bonchev–Trinajstić information content (AvgIpc) is 3.23. The highest BCUT2D eigenvalue weighted by Crippen LogP contribution is 2.36. The number of hydrogen-bond donors (Lipinski definition) is 1. The number of carbonyl (C=O) groups is 1. The van der Waals surface area contributed by atoms with E-state index < -0.39 is 5.82 Å². The van der Waals surface area contributed by atoms with E-state index in [9.17, 15) is 9.18 Å². The summed E-state index contributed by atoms with van der Waals surface area (Å²) >= 11 is 1.61. The lowest BCUT2D eigenvalue weighted by Gasteiger charge is -2.16. The Hall–Kier alpha value is -3.36. The lowest BCUT2D eigenvalue weighted by atomic mass is 10.2. The summed E-state index contributed by atoms with van der Waals surface area (Å²) in [6.07, 6.45) is 5.10. The SMILES string of the molecule is CCN(CC)Cc1cc2nccc(Oc3ccc(NC(=O)Cc4cccnc4)cc3F)c2s1. The highest BCUT2D eigenvalue weighted by atomic mass is 32.1. The van der Waals surface area contributed by atoms with E-state index in [1.54, 1.807) is 48.1 Å². The Morgan fingerprint density at radius 1 is 1.12 bits per heavy atom. The van der Waals surface area contributed by atoms with Gasteiger partial charge in [0, 0.05) is 47.8 Å². The van der Waals surface area contributed by atoms with Gasteiger partial charge in [0.15, 0.2) is 11.6 Å². The lowest BCUT2D eigenvalue weighted by molar-refractivity contribution is -0.115. The summed E-state index contributed by atoms with van der Waals surface area (Å²) in [5, 5.41) is 2.71. The highest BCUT2D eigenvalue weighted by Gasteiger charge is 2.14. The molecular weight excluding hydrogens is 439 g/mol. The van der Waals surface area contributed by atoms with Crippen molar-refractivity contribution in [1.82, 2.24) is 14.9 Å². The molecule has 1 N–H and O–H groups in total. The van der Waals surface area contributed by atoms with Crippen LogP contribution in [-0.2, 0) is 17.8 Å². The third-order valence-corrected chi connectivity index (χ3v) is 6.35. The maximum Gasteiger partial charge on any atom is 0.228 e. The van der Waals surface area contributed by atoms with Gasteiger partial charge in [0.05, 0.1) is 16.6 Å². The summed E-state index contributed by atoms with van der Waals surface area (Å²) in [5.74, 6) is -0.153. The van der Waals surface area contributed by atoms with Crippen molar-refractivity contribution >= 4 is 33.1 Å². The molecule has 4 aromatic rings. The Kier molecular flexibility index (Phi) is 7.26.